The van der Waals surface area contributed by atoms with Gasteiger partial charge in [0.1, 0.15) is 5.15 Å². The van der Waals surface area contributed by atoms with E-state index in [2.05, 4.69) is 34.4 Å². The Morgan fingerprint density at radius 3 is 2.36 bits per heavy atom. The molecule has 0 atom stereocenters. The molecule has 0 amide bonds. The molecule has 0 spiro atoms. The van der Waals surface area contributed by atoms with Crippen molar-refractivity contribution < 1.29 is 0 Å². The van der Waals surface area contributed by atoms with E-state index in [1.54, 1.807) is 7.05 Å². The Labute approximate surface area is 178 Å². The van der Waals surface area contributed by atoms with E-state index in [1.165, 1.54) is 32.4 Å². The van der Waals surface area contributed by atoms with E-state index in [1.807, 2.05) is 17.7 Å². The number of hydrogen-bond acceptors (Lipinski definition) is 2. The summed E-state index contributed by atoms with van der Waals surface area (Å²) in [5, 5.41) is 7.90. The van der Waals surface area contributed by atoms with Gasteiger partial charge in [-0.2, -0.15) is 0 Å². The van der Waals surface area contributed by atoms with Gasteiger partial charge in [-0.1, -0.05) is 29.6 Å². The molecule has 0 aromatic carbocycles. The lowest BCUT2D eigenvalue weighted by atomic mass is 9.98. The maximum Gasteiger partial charge on any atom is 0.191 e. The van der Waals surface area contributed by atoms with Crippen LogP contribution in [0.5, 0.6) is 0 Å². The largest absolute Gasteiger partial charge is 0.355 e. The fourth-order valence-electron chi connectivity index (χ4n) is 3.06. The van der Waals surface area contributed by atoms with Gasteiger partial charge in [-0.05, 0) is 45.8 Å². The summed E-state index contributed by atoms with van der Waals surface area (Å²) in [5.74, 6) is 0.786. The van der Waals surface area contributed by atoms with E-state index < -0.39 is 0 Å². The maximum absolute atomic E-state index is 6.11. The Balaban J connectivity index is 0.00000312. The predicted octanol–water partition coefficient (Wildman–Crippen LogP) is 3.88. The van der Waals surface area contributed by atoms with Crippen LogP contribution in [0.4, 0.5) is 0 Å². The fraction of sp³-hybridized carbons (Fsp3) is 0.706. The maximum atomic E-state index is 6.11. The van der Waals surface area contributed by atoms with Gasteiger partial charge in [0.15, 0.2) is 5.96 Å². The number of aromatic nitrogens is 1. The Hall–Kier alpha value is -0.180. The summed E-state index contributed by atoms with van der Waals surface area (Å²) in [6, 6.07) is 1.88. The van der Waals surface area contributed by atoms with Crippen molar-refractivity contribution in [3.63, 3.8) is 0 Å². The SMILES string of the molecule is CN=C(NCc1cc(Cl)c(Cl)n1C)NCC(C)(C)N1CCCCC1.I. The molecule has 0 saturated carbocycles. The number of piperidine rings is 1. The van der Waals surface area contributed by atoms with Crippen LogP contribution in [0, 0.1) is 0 Å². The van der Waals surface area contributed by atoms with Crippen LogP contribution in [-0.2, 0) is 13.6 Å². The molecule has 1 aliphatic heterocycles. The highest BCUT2D eigenvalue weighted by Crippen LogP contribution is 2.25. The fourth-order valence-corrected chi connectivity index (χ4v) is 3.48. The van der Waals surface area contributed by atoms with Crippen molar-refractivity contribution in [2.75, 3.05) is 26.7 Å². The van der Waals surface area contributed by atoms with Gasteiger partial charge < -0.3 is 15.2 Å². The number of rotatable bonds is 5. The van der Waals surface area contributed by atoms with E-state index in [4.69, 9.17) is 23.2 Å². The van der Waals surface area contributed by atoms with Crippen molar-refractivity contribution in [1.82, 2.24) is 20.1 Å². The van der Waals surface area contributed by atoms with Crippen LogP contribution < -0.4 is 10.6 Å². The monoisotopic (exact) mass is 501 g/mol. The minimum atomic E-state index is 0. The Kier molecular flexibility index (Phi) is 9.36. The molecule has 0 radical (unpaired) electrons. The first-order valence-electron chi connectivity index (χ1n) is 8.54. The summed E-state index contributed by atoms with van der Waals surface area (Å²) >= 11 is 12.2. The summed E-state index contributed by atoms with van der Waals surface area (Å²) in [7, 11) is 3.69. The lowest BCUT2D eigenvalue weighted by Gasteiger charge is -2.41. The van der Waals surface area contributed by atoms with Crippen LogP contribution in [0.15, 0.2) is 11.1 Å². The van der Waals surface area contributed by atoms with Crippen molar-refractivity contribution in [2.24, 2.45) is 12.0 Å². The van der Waals surface area contributed by atoms with Gasteiger partial charge >= 0.3 is 0 Å². The Morgan fingerprint density at radius 1 is 1.20 bits per heavy atom. The highest BCUT2D eigenvalue weighted by molar-refractivity contribution is 14.0. The zero-order chi connectivity index (χ0) is 17.7. The van der Waals surface area contributed by atoms with Gasteiger partial charge in [0.2, 0.25) is 0 Å². The summed E-state index contributed by atoms with van der Waals surface area (Å²) in [4.78, 5) is 6.87. The molecule has 2 N–H and O–H groups in total. The number of halogens is 3. The second-order valence-electron chi connectivity index (χ2n) is 6.97. The molecule has 144 valence electrons. The number of nitrogens with zero attached hydrogens (tertiary/aromatic N) is 3. The first-order chi connectivity index (χ1) is 11.3. The van der Waals surface area contributed by atoms with E-state index in [0.717, 1.165) is 18.2 Å². The molecule has 1 fully saturated rings. The molecule has 1 aromatic heterocycles. The van der Waals surface area contributed by atoms with Crippen molar-refractivity contribution in [1.29, 1.82) is 0 Å². The van der Waals surface area contributed by atoms with Crippen molar-refractivity contribution >= 4 is 53.1 Å². The van der Waals surface area contributed by atoms with Gasteiger partial charge in [-0.3, -0.25) is 9.89 Å². The second-order valence-corrected chi connectivity index (χ2v) is 7.74. The number of guanidine groups is 1. The normalized spacial score (nSPS) is 16.5. The molecule has 1 saturated heterocycles. The highest BCUT2D eigenvalue weighted by Gasteiger charge is 2.27. The van der Waals surface area contributed by atoms with Crippen LogP contribution in [0.2, 0.25) is 10.2 Å². The summed E-state index contributed by atoms with van der Waals surface area (Å²) in [6.07, 6.45) is 3.95. The van der Waals surface area contributed by atoms with E-state index in [9.17, 15) is 0 Å². The average molecular weight is 502 g/mol. The van der Waals surface area contributed by atoms with Crippen molar-refractivity contribution in [2.45, 2.75) is 45.2 Å². The molecule has 5 nitrogen and oxygen atoms in total. The molecule has 25 heavy (non-hydrogen) atoms. The molecule has 8 heteroatoms. The number of nitrogens with one attached hydrogen (secondary N) is 2. The van der Waals surface area contributed by atoms with Gasteiger partial charge in [-0.25, -0.2) is 0 Å². The Morgan fingerprint density at radius 2 is 1.84 bits per heavy atom. The van der Waals surface area contributed by atoms with E-state index in [-0.39, 0.29) is 29.5 Å². The smallest absolute Gasteiger partial charge is 0.191 e. The molecule has 1 aliphatic rings. The number of hydrogen-bond donors (Lipinski definition) is 2. The molecule has 2 heterocycles. The first kappa shape index (κ1) is 22.9. The standard InChI is InChI=1S/C17H29Cl2N5.HI/c1-17(2,24-8-6-5-7-9-24)12-22-16(20-3)21-11-13-10-14(18)15(19)23(13)4;/h10H,5-9,11-12H2,1-4H3,(H2,20,21,22);1H. The zero-order valence-electron chi connectivity index (χ0n) is 15.5. The number of aliphatic imine (C=N–C) groups is 1. The molecule has 0 aliphatic carbocycles. The van der Waals surface area contributed by atoms with Crippen molar-refractivity contribution in [3.8, 4) is 0 Å². The lowest BCUT2D eigenvalue weighted by molar-refractivity contribution is 0.0982. The van der Waals surface area contributed by atoms with Crippen LogP contribution in [0.25, 0.3) is 0 Å². The Bertz CT molecular complexity index is 580. The predicted molar refractivity (Wildman–Crippen MR) is 119 cm³/mol. The van der Waals surface area contributed by atoms with E-state index in [0.29, 0.717) is 16.7 Å². The number of likely N-dealkylation sites (tertiary alicyclic amines) is 1. The highest BCUT2D eigenvalue weighted by atomic mass is 127. The van der Waals surface area contributed by atoms with Crippen LogP contribution >= 0.6 is 47.2 Å². The third-order valence-corrected chi connectivity index (χ3v) is 5.62. The van der Waals surface area contributed by atoms with Gasteiger partial charge in [0, 0.05) is 31.9 Å². The molecular weight excluding hydrogens is 472 g/mol. The first-order valence-corrected chi connectivity index (χ1v) is 9.30. The van der Waals surface area contributed by atoms with Gasteiger partial charge in [0.05, 0.1) is 11.6 Å². The van der Waals surface area contributed by atoms with Crippen LogP contribution in [-0.4, -0.2) is 47.6 Å². The molecule has 2 rings (SSSR count). The quantitative estimate of drug-likeness (QED) is 0.365. The lowest BCUT2D eigenvalue weighted by Crippen LogP contribution is -2.54. The zero-order valence-corrected chi connectivity index (χ0v) is 19.4. The van der Waals surface area contributed by atoms with Crippen molar-refractivity contribution in [3.05, 3.63) is 21.9 Å². The van der Waals surface area contributed by atoms with E-state index >= 15 is 0 Å². The van der Waals surface area contributed by atoms with Crippen LogP contribution in [0.1, 0.15) is 38.8 Å². The third kappa shape index (κ3) is 6.19. The summed E-state index contributed by atoms with van der Waals surface area (Å²) < 4.78 is 1.88. The minimum Gasteiger partial charge on any atom is -0.355 e. The third-order valence-electron chi connectivity index (χ3n) is 4.78. The minimum absolute atomic E-state index is 0. The summed E-state index contributed by atoms with van der Waals surface area (Å²) in [5.41, 5.74) is 1.12. The topological polar surface area (TPSA) is 44.6 Å². The molecule has 0 bridgehead atoms. The van der Waals surface area contributed by atoms with Crippen LogP contribution in [0.3, 0.4) is 0 Å². The van der Waals surface area contributed by atoms with Gasteiger partial charge in [0.25, 0.3) is 0 Å². The molecule has 1 aromatic rings. The molecular formula is C17H30Cl2IN5. The molecule has 0 unspecified atom stereocenters. The summed E-state index contributed by atoms with van der Waals surface area (Å²) in [6.45, 7) is 8.40. The second kappa shape index (κ2) is 10.2. The average Bonchev–Trinajstić information content (AvgIpc) is 2.83. The van der Waals surface area contributed by atoms with Gasteiger partial charge in [-0.15, -0.1) is 24.0 Å².